The Kier molecular flexibility index (Phi) is 5.26. The molecule has 0 unspecified atom stereocenters. The second-order valence-corrected chi connectivity index (χ2v) is 9.34. The number of ether oxygens (including phenoxy) is 2. The minimum atomic E-state index is -0.444. The lowest BCUT2D eigenvalue weighted by molar-refractivity contribution is -0.115. The molecule has 2 aromatic heterocycles. The van der Waals surface area contributed by atoms with Crippen LogP contribution in [0.5, 0.6) is 11.5 Å². The Bertz CT molecular complexity index is 1170. The Labute approximate surface area is 176 Å². The van der Waals surface area contributed by atoms with E-state index in [9.17, 15) is 9.59 Å². The summed E-state index contributed by atoms with van der Waals surface area (Å²) in [5.74, 6) is 1.11. The number of hydrogen-bond donors (Lipinski definition) is 1. The van der Waals surface area contributed by atoms with Gasteiger partial charge in [0.15, 0.2) is 16.7 Å². The van der Waals surface area contributed by atoms with Gasteiger partial charge in [0.25, 0.3) is 5.56 Å². The lowest BCUT2D eigenvalue weighted by atomic mass is 10.2. The average molecular weight is 432 g/mol. The summed E-state index contributed by atoms with van der Waals surface area (Å²) in [6.07, 6.45) is 0. The van der Waals surface area contributed by atoms with Gasteiger partial charge >= 0.3 is 0 Å². The molecule has 0 bridgehead atoms. The fourth-order valence-electron chi connectivity index (χ4n) is 3.04. The van der Waals surface area contributed by atoms with E-state index in [2.05, 4.69) is 10.3 Å². The summed E-state index contributed by atoms with van der Waals surface area (Å²) in [4.78, 5) is 31.9. The maximum absolute atomic E-state index is 12.8. The maximum Gasteiger partial charge on any atom is 0.262 e. The Morgan fingerprint density at radius 1 is 1.28 bits per heavy atom. The van der Waals surface area contributed by atoms with Crippen molar-refractivity contribution >= 4 is 44.9 Å². The molecule has 1 aliphatic rings. The number of carbonyl (C=O) groups excluding carboxylic acids is 1. The maximum atomic E-state index is 12.8. The fraction of sp³-hybridized carbons (Fsp3) is 0.350. The molecule has 152 valence electrons. The number of hydrogen-bond acceptors (Lipinski definition) is 7. The van der Waals surface area contributed by atoms with Gasteiger partial charge in [0.05, 0.1) is 10.6 Å². The van der Waals surface area contributed by atoms with Crippen molar-refractivity contribution in [2.24, 2.45) is 7.05 Å². The molecular formula is C20H21N3O4S2. The lowest BCUT2D eigenvalue weighted by Gasteiger charge is -2.19. The van der Waals surface area contributed by atoms with Gasteiger partial charge in [-0.05, 0) is 38.5 Å². The highest BCUT2D eigenvalue weighted by atomic mass is 32.2. The van der Waals surface area contributed by atoms with E-state index in [0.29, 0.717) is 45.8 Å². The standard InChI is InChI=1S/C20H21N3O4S2/c1-10-11(2)28-18-16(10)19(25)23(4)20(22-18)29-12(3)17(24)21-13-5-6-14-15(9-13)27-8-7-26-14/h5-6,9,12H,7-8H2,1-4H3,(H,21,24)/t12-/m0/s1. The molecule has 0 radical (unpaired) electrons. The number of aromatic nitrogens is 2. The number of rotatable bonds is 4. The van der Waals surface area contributed by atoms with Gasteiger partial charge in [-0.1, -0.05) is 11.8 Å². The van der Waals surface area contributed by atoms with Crippen molar-refractivity contribution in [3.8, 4) is 11.5 Å². The molecule has 0 spiro atoms. The zero-order valence-electron chi connectivity index (χ0n) is 16.6. The van der Waals surface area contributed by atoms with Crippen molar-refractivity contribution in [1.29, 1.82) is 0 Å². The van der Waals surface area contributed by atoms with Crippen LogP contribution >= 0.6 is 23.1 Å². The largest absolute Gasteiger partial charge is 0.486 e. The monoisotopic (exact) mass is 431 g/mol. The molecule has 1 aromatic carbocycles. The quantitative estimate of drug-likeness (QED) is 0.503. The molecule has 7 nitrogen and oxygen atoms in total. The molecule has 4 rings (SSSR count). The van der Waals surface area contributed by atoms with E-state index < -0.39 is 5.25 Å². The van der Waals surface area contributed by atoms with E-state index in [0.717, 1.165) is 10.4 Å². The predicted molar refractivity (Wildman–Crippen MR) is 116 cm³/mol. The number of benzene rings is 1. The van der Waals surface area contributed by atoms with Crippen molar-refractivity contribution in [2.75, 3.05) is 18.5 Å². The minimum Gasteiger partial charge on any atom is -0.486 e. The first-order valence-electron chi connectivity index (χ1n) is 9.19. The average Bonchev–Trinajstić information content (AvgIpc) is 2.99. The molecule has 0 aliphatic carbocycles. The Morgan fingerprint density at radius 3 is 2.76 bits per heavy atom. The van der Waals surface area contributed by atoms with Crippen molar-refractivity contribution in [3.05, 3.63) is 39.0 Å². The van der Waals surface area contributed by atoms with Crippen molar-refractivity contribution in [2.45, 2.75) is 31.2 Å². The van der Waals surface area contributed by atoms with E-state index in [1.807, 2.05) is 13.8 Å². The molecular weight excluding hydrogens is 410 g/mol. The predicted octanol–water partition coefficient (Wildman–Crippen LogP) is 3.50. The van der Waals surface area contributed by atoms with E-state index in [4.69, 9.17) is 9.47 Å². The van der Waals surface area contributed by atoms with Crippen molar-refractivity contribution in [3.63, 3.8) is 0 Å². The number of carbonyl (C=O) groups is 1. The fourth-order valence-corrected chi connectivity index (χ4v) is 4.98. The Morgan fingerprint density at radius 2 is 2.00 bits per heavy atom. The first-order valence-corrected chi connectivity index (χ1v) is 10.9. The zero-order valence-corrected chi connectivity index (χ0v) is 18.2. The molecule has 0 saturated heterocycles. The van der Waals surface area contributed by atoms with E-state index in [1.165, 1.54) is 27.7 Å². The molecule has 1 amide bonds. The third kappa shape index (κ3) is 3.72. The van der Waals surface area contributed by atoms with Gasteiger partial charge in [-0.15, -0.1) is 11.3 Å². The van der Waals surface area contributed by atoms with Crippen LogP contribution < -0.4 is 20.3 Å². The summed E-state index contributed by atoms with van der Waals surface area (Å²) in [5, 5.41) is 3.63. The SMILES string of the molecule is Cc1sc2nc(S[C@@H](C)C(=O)Nc3ccc4c(c3)OCCO4)n(C)c(=O)c2c1C. The second-order valence-electron chi connectivity index (χ2n) is 6.83. The van der Waals surface area contributed by atoms with Crippen LogP contribution in [0.2, 0.25) is 0 Å². The lowest BCUT2D eigenvalue weighted by Crippen LogP contribution is -2.25. The van der Waals surface area contributed by atoms with E-state index in [1.54, 1.807) is 32.2 Å². The summed E-state index contributed by atoms with van der Waals surface area (Å²) in [6.45, 7) is 6.72. The Balaban J connectivity index is 1.53. The van der Waals surface area contributed by atoms with Gasteiger partial charge in [0.1, 0.15) is 18.0 Å². The minimum absolute atomic E-state index is 0.0844. The molecule has 1 N–H and O–H groups in total. The molecule has 1 aliphatic heterocycles. The highest BCUT2D eigenvalue weighted by molar-refractivity contribution is 8.00. The van der Waals surface area contributed by atoms with Crippen molar-refractivity contribution in [1.82, 2.24) is 9.55 Å². The van der Waals surface area contributed by atoms with Gasteiger partial charge in [0.2, 0.25) is 5.91 Å². The zero-order chi connectivity index (χ0) is 20.7. The number of nitrogens with zero attached hydrogens (tertiary/aromatic N) is 2. The van der Waals surface area contributed by atoms with Gasteiger partial charge in [0, 0.05) is 23.7 Å². The van der Waals surface area contributed by atoms with Crippen LogP contribution in [0.4, 0.5) is 5.69 Å². The summed E-state index contributed by atoms with van der Waals surface area (Å²) in [5.41, 5.74) is 1.52. The Hall–Kier alpha value is -2.52. The highest BCUT2D eigenvalue weighted by Gasteiger charge is 2.21. The van der Waals surface area contributed by atoms with Gasteiger partial charge in [-0.3, -0.25) is 14.2 Å². The van der Waals surface area contributed by atoms with E-state index in [-0.39, 0.29) is 11.5 Å². The number of anilines is 1. The molecule has 0 saturated carbocycles. The first-order chi connectivity index (χ1) is 13.8. The van der Waals surface area contributed by atoms with Crippen LogP contribution in [-0.2, 0) is 11.8 Å². The normalized spacial score (nSPS) is 14.1. The molecule has 29 heavy (non-hydrogen) atoms. The van der Waals surface area contributed by atoms with Crippen LogP contribution in [0.1, 0.15) is 17.4 Å². The topological polar surface area (TPSA) is 82.4 Å². The summed E-state index contributed by atoms with van der Waals surface area (Å²) < 4.78 is 12.6. The van der Waals surface area contributed by atoms with Crippen molar-refractivity contribution < 1.29 is 14.3 Å². The first kappa shape index (κ1) is 19.8. The molecule has 3 aromatic rings. The third-order valence-electron chi connectivity index (χ3n) is 4.83. The number of thioether (sulfide) groups is 1. The molecule has 3 heterocycles. The molecule has 0 fully saturated rings. The van der Waals surface area contributed by atoms with E-state index >= 15 is 0 Å². The third-order valence-corrected chi connectivity index (χ3v) is 7.08. The van der Waals surface area contributed by atoms with Crippen LogP contribution in [0.25, 0.3) is 10.2 Å². The number of amides is 1. The number of nitrogens with one attached hydrogen (secondary N) is 1. The molecule has 9 heteroatoms. The number of fused-ring (bicyclic) bond motifs is 2. The number of aryl methyl sites for hydroxylation is 2. The van der Waals surface area contributed by atoms with Gasteiger partial charge < -0.3 is 14.8 Å². The smallest absolute Gasteiger partial charge is 0.262 e. The number of thiophene rings is 1. The van der Waals surface area contributed by atoms with Crippen LogP contribution in [0.3, 0.4) is 0 Å². The summed E-state index contributed by atoms with van der Waals surface area (Å²) in [6, 6.07) is 5.31. The van der Waals surface area contributed by atoms with Crippen LogP contribution in [0, 0.1) is 13.8 Å². The highest BCUT2D eigenvalue weighted by Crippen LogP contribution is 2.33. The molecule has 1 atom stereocenters. The summed E-state index contributed by atoms with van der Waals surface area (Å²) >= 11 is 2.76. The van der Waals surface area contributed by atoms with Gasteiger partial charge in [-0.25, -0.2) is 4.98 Å². The summed E-state index contributed by atoms with van der Waals surface area (Å²) in [7, 11) is 1.69. The second kappa shape index (κ2) is 7.72. The van der Waals surface area contributed by atoms with Gasteiger partial charge in [-0.2, -0.15) is 0 Å². The van der Waals surface area contributed by atoms with Crippen LogP contribution in [-0.4, -0.2) is 33.9 Å². The van der Waals surface area contributed by atoms with Crippen LogP contribution in [0.15, 0.2) is 28.2 Å².